The lowest BCUT2D eigenvalue weighted by Crippen LogP contribution is -2.26. The smallest absolute Gasteiger partial charge is 0.335 e. The lowest BCUT2D eigenvalue weighted by Gasteiger charge is -2.15. The summed E-state index contributed by atoms with van der Waals surface area (Å²) in [6.45, 7) is 3.82. The van der Waals surface area contributed by atoms with Gasteiger partial charge in [-0.2, -0.15) is 5.10 Å². The summed E-state index contributed by atoms with van der Waals surface area (Å²) in [5.74, 6) is -1.95. The van der Waals surface area contributed by atoms with Crippen LogP contribution in [-0.2, 0) is 0 Å². The average Bonchev–Trinajstić information content (AvgIpc) is 2.71. The summed E-state index contributed by atoms with van der Waals surface area (Å²) in [7, 11) is 0. The van der Waals surface area contributed by atoms with E-state index >= 15 is 0 Å². The second-order valence-electron chi connectivity index (χ2n) is 5.74. The Balaban J connectivity index is 2.02. The molecule has 0 heterocycles. The Morgan fingerprint density at radius 2 is 1.43 bits per heavy atom. The molecule has 0 aliphatic rings. The first kappa shape index (κ1) is 20.5. The molecule has 28 heavy (non-hydrogen) atoms. The number of hydrogen-bond acceptors (Lipinski definition) is 6. The van der Waals surface area contributed by atoms with Gasteiger partial charge in [0.2, 0.25) is 0 Å². The van der Waals surface area contributed by atoms with E-state index < -0.39 is 11.9 Å². The highest BCUT2D eigenvalue weighted by Gasteiger charge is 2.06. The fraction of sp³-hybridized carbons (Fsp3) is 0.150. The minimum absolute atomic E-state index is 0.208. The molecule has 0 saturated carbocycles. The van der Waals surface area contributed by atoms with Crippen LogP contribution in [0.15, 0.2) is 65.4 Å². The van der Waals surface area contributed by atoms with Crippen LogP contribution in [-0.4, -0.2) is 27.9 Å². The molecule has 0 fully saturated rings. The maximum absolute atomic E-state index is 10.9. The van der Waals surface area contributed by atoms with Crippen LogP contribution in [0.1, 0.15) is 41.0 Å². The SMILES string of the molecule is C/C=C(\NNc1ccc(C(=O)O)cc1)C(CC)=NNc1ccc(C(=O)O)cc1. The summed E-state index contributed by atoms with van der Waals surface area (Å²) in [6.07, 6.45) is 2.50. The van der Waals surface area contributed by atoms with Crippen LogP contribution in [0, 0.1) is 0 Å². The summed E-state index contributed by atoms with van der Waals surface area (Å²) in [5, 5.41) is 22.2. The lowest BCUT2D eigenvalue weighted by molar-refractivity contribution is 0.0686. The van der Waals surface area contributed by atoms with Crippen LogP contribution in [0.25, 0.3) is 0 Å². The predicted octanol–water partition coefficient (Wildman–Crippen LogP) is 3.78. The van der Waals surface area contributed by atoms with E-state index in [2.05, 4.69) is 21.4 Å². The first-order valence-corrected chi connectivity index (χ1v) is 8.62. The Morgan fingerprint density at radius 1 is 0.929 bits per heavy atom. The molecule has 2 aromatic rings. The van der Waals surface area contributed by atoms with Crippen molar-refractivity contribution in [1.82, 2.24) is 5.43 Å². The maximum atomic E-state index is 10.9. The van der Waals surface area contributed by atoms with Gasteiger partial charge in [-0.15, -0.1) is 0 Å². The molecule has 5 N–H and O–H groups in total. The number of nitrogens with zero attached hydrogens (tertiary/aromatic N) is 1. The van der Waals surface area contributed by atoms with Gasteiger partial charge >= 0.3 is 11.9 Å². The topological polar surface area (TPSA) is 123 Å². The molecule has 0 spiro atoms. The zero-order valence-corrected chi connectivity index (χ0v) is 15.6. The van der Waals surface area contributed by atoms with Crippen molar-refractivity contribution in [2.45, 2.75) is 20.3 Å². The van der Waals surface area contributed by atoms with Crippen molar-refractivity contribution < 1.29 is 19.8 Å². The van der Waals surface area contributed by atoms with Crippen molar-refractivity contribution in [1.29, 1.82) is 0 Å². The average molecular weight is 382 g/mol. The fourth-order valence-corrected chi connectivity index (χ4v) is 2.30. The van der Waals surface area contributed by atoms with E-state index in [0.717, 1.165) is 11.4 Å². The lowest BCUT2D eigenvalue weighted by atomic mass is 10.2. The van der Waals surface area contributed by atoms with E-state index in [1.807, 2.05) is 19.9 Å². The van der Waals surface area contributed by atoms with Gasteiger partial charge in [0.05, 0.1) is 33.9 Å². The molecule has 0 aliphatic heterocycles. The number of benzene rings is 2. The highest BCUT2D eigenvalue weighted by atomic mass is 16.4. The van der Waals surface area contributed by atoms with E-state index in [1.54, 1.807) is 24.3 Å². The number of aromatic carboxylic acids is 2. The minimum Gasteiger partial charge on any atom is -0.478 e. The number of carbonyl (C=O) groups is 2. The van der Waals surface area contributed by atoms with E-state index in [1.165, 1.54) is 24.3 Å². The van der Waals surface area contributed by atoms with Crippen molar-refractivity contribution in [3.8, 4) is 0 Å². The molecule has 8 heteroatoms. The Hall–Kier alpha value is -3.81. The van der Waals surface area contributed by atoms with E-state index in [9.17, 15) is 9.59 Å². The summed E-state index contributed by atoms with van der Waals surface area (Å²) < 4.78 is 0. The summed E-state index contributed by atoms with van der Waals surface area (Å²) in [4.78, 5) is 21.8. The Kier molecular flexibility index (Phi) is 7.15. The Labute approximate surface area is 162 Å². The van der Waals surface area contributed by atoms with Gasteiger partial charge in [0, 0.05) is 0 Å². The second kappa shape index (κ2) is 9.77. The molecule has 0 atom stereocenters. The molecule has 0 radical (unpaired) electrons. The third kappa shape index (κ3) is 5.60. The van der Waals surface area contributed by atoms with Crippen molar-refractivity contribution in [2.75, 3.05) is 10.9 Å². The molecule has 0 saturated heterocycles. The predicted molar refractivity (Wildman–Crippen MR) is 109 cm³/mol. The number of hydrogen-bond donors (Lipinski definition) is 5. The normalized spacial score (nSPS) is 11.6. The number of hydrazine groups is 1. The van der Waals surface area contributed by atoms with E-state index in [4.69, 9.17) is 10.2 Å². The van der Waals surface area contributed by atoms with Crippen LogP contribution in [0.2, 0.25) is 0 Å². The Morgan fingerprint density at radius 3 is 1.86 bits per heavy atom. The van der Waals surface area contributed by atoms with Crippen LogP contribution < -0.4 is 16.3 Å². The van der Waals surface area contributed by atoms with E-state index in [-0.39, 0.29) is 11.1 Å². The third-order valence-electron chi connectivity index (χ3n) is 3.86. The third-order valence-corrected chi connectivity index (χ3v) is 3.86. The number of rotatable bonds is 9. The quantitative estimate of drug-likeness (QED) is 0.330. The van der Waals surface area contributed by atoms with Gasteiger partial charge in [0.25, 0.3) is 0 Å². The van der Waals surface area contributed by atoms with Crippen LogP contribution >= 0.6 is 0 Å². The number of carboxylic acid groups (broad SMARTS) is 2. The number of nitrogens with one attached hydrogen (secondary N) is 3. The second-order valence-corrected chi connectivity index (χ2v) is 5.74. The molecule has 0 amide bonds. The highest BCUT2D eigenvalue weighted by Crippen LogP contribution is 2.12. The first-order chi connectivity index (χ1) is 13.4. The molecule has 146 valence electrons. The van der Waals surface area contributed by atoms with Gasteiger partial charge in [0.1, 0.15) is 0 Å². The number of hydrazone groups is 1. The minimum atomic E-state index is -0.979. The van der Waals surface area contributed by atoms with Crippen molar-refractivity contribution >= 4 is 29.0 Å². The molecule has 0 bridgehead atoms. The van der Waals surface area contributed by atoms with Crippen molar-refractivity contribution in [3.63, 3.8) is 0 Å². The first-order valence-electron chi connectivity index (χ1n) is 8.62. The molecule has 0 unspecified atom stereocenters. The number of anilines is 2. The van der Waals surface area contributed by atoms with Crippen molar-refractivity contribution in [2.24, 2.45) is 5.10 Å². The van der Waals surface area contributed by atoms with Gasteiger partial charge in [-0.3, -0.25) is 10.9 Å². The molecule has 2 rings (SSSR count). The zero-order chi connectivity index (χ0) is 20.5. The molecular formula is C20H22N4O4. The van der Waals surface area contributed by atoms with Crippen LogP contribution in [0.3, 0.4) is 0 Å². The van der Waals surface area contributed by atoms with Gasteiger partial charge in [-0.05, 0) is 61.9 Å². The van der Waals surface area contributed by atoms with Crippen LogP contribution in [0.4, 0.5) is 11.4 Å². The molecule has 0 aromatic heterocycles. The number of carboxylic acids is 2. The van der Waals surface area contributed by atoms with Gasteiger partial charge in [-0.25, -0.2) is 9.59 Å². The fourth-order valence-electron chi connectivity index (χ4n) is 2.30. The van der Waals surface area contributed by atoms with Gasteiger partial charge < -0.3 is 15.6 Å². The maximum Gasteiger partial charge on any atom is 0.335 e. The largest absolute Gasteiger partial charge is 0.478 e. The number of allylic oxidation sites excluding steroid dienone is 2. The van der Waals surface area contributed by atoms with Gasteiger partial charge in [0.15, 0.2) is 0 Å². The molecule has 8 nitrogen and oxygen atoms in total. The standard InChI is InChI=1S/C20H22N4O4/c1-3-17(23-21-15-9-5-13(6-10-15)19(25)26)18(4-2)24-22-16-11-7-14(8-12-16)20(27)28/h3,5-12,21-23H,4H2,1-2H3,(H,25,26)(H,27,28)/b17-3-,24-18?. The summed E-state index contributed by atoms with van der Waals surface area (Å²) in [5.41, 5.74) is 12.3. The van der Waals surface area contributed by atoms with Gasteiger partial charge in [-0.1, -0.05) is 13.0 Å². The monoisotopic (exact) mass is 382 g/mol. The molecular weight excluding hydrogens is 360 g/mol. The zero-order valence-electron chi connectivity index (χ0n) is 15.6. The van der Waals surface area contributed by atoms with Crippen LogP contribution in [0.5, 0.6) is 0 Å². The molecule has 2 aromatic carbocycles. The van der Waals surface area contributed by atoms with Crippen molar-refractivity contribution in [3.05, 3.63) is 71.4 Å². The summed E-state index contributed by atoms with van der Waals surface area (Å²) in [6, 6.07) is 12.6. The van der Waals surface area contributed by atoms with E-state index in [0.29, 0.717) is 17.8 Å². The highest BCUT2D eigenvalue weighted by molar-refractivity contribution is 6.00. The Bertz CT molecular complexity index is 887. The molecule has 0 aliphatic carbocycles. The summed E-state index contributed by atoms with van der Waals surface area (Å²) >= 11 is 0.